The highest BCUT2D eigenvalue weighted by Gasteiger charge is 2.47. The second kappa shape index (κ2) is 5.43. The first-order chi connectivity index (χ1) is 9.63. The van der Waals surface area contributed by atoms with Gasteiger partial charge in [0.1, 0.15) is 4.64 Å². The van der Waals surface area contributed by atoms with Gasteiger partial charge in [-0.05, 0) is 30.3 Å². The minimum absolute atomic E-state index is 0.105. The molecule has 1 heterocycles. The summed E-state index contributed by atoms with van der Waals surface area (Å²) in [6.07, 6.45) is 0. The van der Waals surface area contributed by atoms with Crippen molar-refractivity contribution in [2.24, 2.45) is 0 Å². The summed E-state index contributed by atoms with van der Waals surface area (Å²) in [4.78, 5) is 1.86. The van der Waals surface area contributed by atoms with Crippen molar-refractivity contribution in [2.75, 3.05) is 0 Å². The predicted molar refractivity (Wildman–Crippen MR) is 75.3 cm³/mol. The van der Waals surface area contributed by atoms with Gasteiger partial charge in [0.2, 0.25) is 0 Å². The number of aromatic amines is 1. The molecule has 0 fully saturated rings. The highest BCUT2D eigenvalue weighted by atomic mass is 35.5. The summed E-state index contributed by atoms with van der Waals surface area (Å²) < 4.78 is 60.9. The second-order valence-corrected chi connectivity index (χ2v) is 6.81. The van der Waals surface area contributed by atoms with Gasteiger partial charge in [-0.3, -0.25) is 0 Å². The Morgan fingerprint density at radius 3 is 2.38 bits per heavy atom. The van der Waals surface area contributed by atoms with E-state index < -0.39 is 20.2 Å². The molecule has 0 aliphatic rings. The summed E-state index contributed by atoms with van der Waals surface area (Å²) in [5.41, 5.74) is -4.93. The molecule has 0 aliphatic heterocycles. The zero-order valence-electron chi connectivity index (χ0n) is 10.1. The summed E-state index contributed by atoms with van der Waals surface area (Å²) in [6, 6.07) is 7.46. The molecule has 9 heteroatoms. The Bertz CT molecular complexity index is 844. The number of hydrogen-bond donors (Lipinski definition) is 1. The summed E-state index contributed by atoms with van der Waals surface area (Å²) in [5, 5.41) is 0.105. The van der Waals surface area contributed by atoms with E-state index in [2.05, 4.69) is 4.98 Å². The van der Waals surface area contributed by atoms with E-state index in [1.54, 1.807) is 12.1 Å². The number of sulfone groups is 1. The molecule has 112 valence electrons. The van der Waals surface area contributed by atoms with Crippen LogP contribution in [0.25, 0.3) is 11.3 Å². The summed E-state index contributed by atoms with van der Waals surface area (Å²) in [5.74, 6) is 0. The topological polar surface area (TPSA) is 49.9 Å². The number of benzene rings is 1. The van der Waals surface area contributed by atoms with E-state index in [-0.39, 0.29) is 10.6 Å². The maximum atomic E-state index is 12.6. The zero-order valence-corrected chi connectivity index (χ0v) is 12.5. The molecule has 1 aromatic heterocycles. The highest BCUT2D eigenvalue weighted by molar-refractivity contribution is 7.92. The lowest BCUT2D eigenvalue weighted by Crippen LogP contribution is -2.23. The van der Waals surface area contributed by atoms with Gasteiger partial charge in [-0.1, -0.05) is 29.9 Å². The lowest BCUT2D eigenvalue weighted by Gasteiger charge is -2.11. The smallest absolute Gasteiger partial charge is 0.346 e. The molecule has 2 aromatic rings. The van der Waals surface area contributed by atoms with Gasteiger partial charge in [0, 0.05) is 16.3 Å². The number of hydrogen-bond acceptors (Lipinski definition) is 3. The van der Waals surface area contributed by atoms with Crippen molar-refractivity contribution in [2.45, 2.75) is 10.4 Å². The molecule has 0 amide bonds. The van der Waals surface area contributed by atoms with Crippen LogP contribution in [-0.2, 0) is 9.84 Å². The van der Waals surface area contributed by atoms with Crippen LogP contribution in [0.4, 0.5) is 13.2 Å². The van der Waals surface area contributed by atoms with Crippen LogP contribution in [0.3, 0.4) is 0 Å². The lowest BCUT2D eigenvalue weighted by molar-refractivity contribution is -0.0435. The molecular formula is C12H7ClF3NO2S2. The van der Waals surface area contributed by atoms with Crippen molar-refractivity contribution in [1.82, 2.24) is 4.98 Å². The molecular weight excluding hydrogens is 347 g/mol. The Morgan fingerprint density at radius 2 is 1.81 bits per heavy atom. The molecule has 1 N–H and O–H groups in total. The molecule has 21 heavy (non-hydrogen) atoms. The van der Waals surface area contributed by atoms with E-state index >= 15 is 0 Å². The van der Waals surface area contributed by atoms with Gasteiger partial charge in [-0.2, -0.15) is 13.2 Å². The third kappa shape index (κ3) is 3.12. The minimum Gasteiger partial charge on any atom is -0.346 e. The molecule has 2 rings (SSSR count). The van der Waals surface area contributed by atoms with Gasteiger partial charge in [0.05, 0.1) is 4.90 Å². The van der Waals surface area contributed by atoms with E-state index in [1.165, 1.54) is 6.07 Å². The number of alkyl halides is 3. The maximum absolute atomic E-state index is 12.6. The normalized spacial score (nSPS) is 12.4. The van der Waals surface area contributed by atoms with Crippen molar-refractivity contribution >= 4 is 33.7 Å². The van der Waals surface area contributed by atoms with Gasteiger partial charge in [-0.15, -0.1) is 0 Å². The van der Waals surface area contributed by atoms with Crippen molar-refractivity contribution in [3.63, 3.8) is 0 Å². The van der Waals surface area contributed by atoms with Gasteiger partial charge < -0.3 is 4.98 Å². The van der Waals surface area contributed by atoms with Gasteiger partial charge in [0.25, 0.3) is 9.84 Å². The Labute approximate surface area is 128 Å². The lowest BCUT2D eigenvalue weighted by atomic mass is 10.1. The molecule has 0 saturated carbocycles. The molecule has 0 atom stereocenters. The van der Waals surface area contributed by atoms with Crippen LogP contribution >= 0.6 is 23.8 Å². The first kappa shape index (κ1) is 16.0. The molecule has 0 spiro atoms. The third-order valence-electron chi connectivity index (χ3n) is 2.61. The Balaban J connectivity index is 2.66. The number of aromatic nitrogens is 1. The average molecular weight is 354 g/mol. The van der Waals surface area contributed by atoms with E-state index in [1.807, 2.05) is 0 Å². The Kier molecular flexibility index (Phi) is 4.14. The Hall–Kier alpha value is -1.38. The van der Waals surface area contributed by atoms with E-state index in [9.17, 15) is 21.6 Å². The maximum Gasteiger partial charge on any atom is 0.501 e. The van der Waals surface area contributed by atoms with Crippen molar-refractivity contribution in [3.8, 4) is 11.3 Å². The zero-order chi connectivity index (χ0) is 15.8. The van der Waals surface area contributed by atoms with Crippen LogP contribution in [0, 0.1) is 4.64 Å². The van der Waals surface area contributed by atoms with Gasteiger partial charge >= 0.3 is 5.51 Å². The first-order valence-corrected chi connectivity index (χ1v) is 7.70. The van der Waals surface area contributed by atoms with Crippen molar-refractivity contribution in [1.29, 1.82) is 0 Å². The number of pyridine rings is 1. The molecule has 1 aromatic carbocycles. The van der Waals surface area contributed by atoms with Crippen molar-refractivity contribution in [3.05, 3.63) is 46.1 Å². The summed E-state index contributed by atoms with van der Waals surface area (Å²) in [6.45, 7) is 0. The Morgan fingerprint density at radius 1 is 1.14 bits per heavy atom. The summed E-state index contributed by atoms with van der Waals surface area (Å²) in [7, 11) is -5.43. The monoisotopic (exact) mass is 353 g/mol. The van der Waals surface area contributed by atoms with Crippen LogP contribution in [0.5, 0.6) is 0 Å². The standard InChI is InChI=1S/C12H7ClF3NO2S2/c13-9-5-4-7(21(18,19)12(14,15)16)6-8(9)10-2-1-3-11(20)17-10/h1-6H,(H,17,20). The molecule has 0 radical (unpaired) electrons. The number of H-pyrrole nitrogens is 1. The van der Waals surface area contributed by atoms with Crippen LogP contribution in [0.2, 0.25) is 5.02 Å². The number of rotatable bonds is 2. The number of halogens is 4. The van der Waals surface area contributed by atoms with Crippen LogP contribution in [0.15, 0.2) is 41.3 Å². The highest BCUT2D eigenvalue weighted by Crippen LogP contribution is 2.34. The SMILES string of the molecule is O=S(=O)(c1ccc(Cl)c(-c2cccc(=S)[nH]2)c1)C(F)(F)F. The van der Waals surface area contributed by atoms with Crippen molar-refractivity contribution < 1.29 is 21.6 Å². The second-order valence-electron chi connectivity index (χ2n) is 4.02. The summed E-state index contributed by atoms with van der Waals surface area (Å²) >= 11 is 10.8. The average Bonchev–Trinajstić information content (AvgIpc) is 2.37. The molecule has 0 bridgehead atoms. The quantitative estimate of drug-likeness (QED) is 0.816. The van der Waals surface area contributed by atoms with Gasteiger partial charge in [-0.25, -0.2) is 8.42 Å². The molecule has 0 aliphatic carbocycles. The minimum atomic E-state index is -5.43. The van der Waals surface area contributed by atoms with Crippen LogP contribution in [-0.4, -0.2) is 18.9 Å². The van der Waals surface area contributed by atoms with Crippen LogP contribution in [0.1, 0.15) is 0 Å². The fourth-order valence-corrected chi connectivity index (χ4v) is 2.81. The molecule has 3 nitrogen and oxygen atoms in total. The fraction of sp³-hybridized carbons (Fsp3) is 0.0833. The molecule has 0 saturated heterocycles. The van der Waals surface area contributed by atoms with Crippen LogP contribution < -0.4 is 0 Å². The fourth-order valence-electron chi connectivity index (χ4n) is 1.62. The first-order valence-electron chi connectivity index (χ1n) is 5.43. The van der Waals surface area contributed by atoms with E-state index in [4.69, 9.17) is 23.8 Å². The van der Waals surface area contributed by atoms with Gasteiger partial charge in [0.15, 0.2) is 0 Å². The number of nitrogens with one attached hydrogen (secondary N) is 1. The molecule has 0 unspecified atom stereocenters. The largest absolute Gasteiger partial charge is 0.501 e. The third-order valence-corrected chi connectivity index (χ3v) is 4.66. The predicted octanol–water partition coefficient (Wildman–Crippen LogP) is 4.36. The van der Waals surface area contributed by atoms with E-state index in [0.717, 1.165) is 18.2 Å². The van der Waals surface area contributed by atoms with E-state index in [0.29, 0.717) is 10.3 Å².